The molecule has 1 aromatic carbocycles. The lowest BCUT2D eigenvalue weighted by Crippen LogP contribution is -2.49. The van der Waals surface area contributed by atoms with Gasteiger partial charge in [-0.3, -0.25) is 4.90 Å². The van der Waals surface area contributed by atoms with Crippen LogP contribution in [-0.2, 0) is 21.3 Å². The van der Waals surface area contributed by atoms with E-state index >= 15 is 0 Å². The van der Waals surface area contributed by atoms with Crippen LogP contribution >= 0.6 is 23.2 Å². The number of sulfonamides is 1. The maximum atomic E-state index is 11.8. The van der Waals surface area contributed by atoms with Crippen molar-refractivity contribution in [1.29, 1.82) is 0 Å². The number of nitrogens with one attached hydrogen (secondary N) is 3. The second-order valence-electron chi connectivity index (χ2n) is 6.14. The van der Waals surface area contributed by atoms with Crippen molar-refractivity contribution in [3.8, 4) is 0 Å². The summed E-state index contributed by atoms with van der Waals surface area (Å²) in [6.45, 7) is 3.09. The first-order valence-electron chi connectivity index (χ1n) is 8.50. The van der Waals surface area contributed by atoms with Crippen molar-refractivity contribution in [1.82, 2.24) is 20.3 Å². The number of halogens is 2. The first-order valence-corrected chi connectivity index (χ1v) is 10.9. The van der Waals surface area contributed by atoms with Gasteiger partial charge in [0.15, 0.2) is 0 Å². The zero-order chi connectivity index (χ0) is 19.9. The van der Waals surface area contributed by atoms with Crippen molar-refractivity contribution in [2.75, 3.05) is 45.6 Å². The van der Waals surface area contributed by atoms with Crippen molar-refractivity contribution in [2.45, 2.75) is 12.6 Å². The molecule has 1 aliphatic heterocycles. The summed E-state index contributed by atoms with van der Waals surface area (Å²) >= 11 is 12.0. The third kappa shape index (κ3) is 7.81. The lowest BCUT2D eigenvalue weighted by molar-refractivity contribution is -0.0287. The highest BCUT2D eigenvalue weighted by molar-refractivity contribution is 7.89. The Morgan fingerprint density at radius 3 is 2.78 bits per heavy atom. The summed E-state index contributed by atoms with van der Waals surface area (Å²) in [6.07, 6.45) is -0.145. The van der Waals surface area contributed by atoms with E-state index in [1.807, 2.05) is 12.1 Å². The van der Waals surface area contributed by atoms with E-state index in [2.05, 4.69) is 20.3 Å². The first kappa shape index (κ1) is 22.2. The standard InChI is InChI=1S/C16H24Cl2N4O4S/c1-19-27(24,25)7-4-20-16(23)21-9-13-11-22(5-6-26-13)10-12-2-3-14(17)15(18)8-12/h2-3,8,13,19H,4-7,9-11H2,1H3,(H2,20,21,23). The van der Waals surface area contributed by atoms with Crippen LogP contribution in [0, 0.1) is 0 Å². The van der Waals surface area contributed by atoms with E-state index in [0.29, 0.717) is 36.3 Å². The second kappa shape index (κ2) is 10.4. The van der Waals surface area contributed by atoms with Gasteiger partial charge in [-0.25, -0.2) is 17.9 Å². The number of benzene rings is 1. The third-order valence-electron chi connectivity index (χ3n) is 4.07. The molecular weight excluding hydrogens is 415 g/mol. The minimum atomic E-state index is -3.33. The van der Waals surface area contributed by atoms with Crippen LogP contribution in [0.25, 0.3) is 0 Å². The summed E-state index contributed by atoms with van der Waals surface area (Å²) in [5, 5.41) is 6.26. The predicted octanol–water partition coefficient (Wildman–Crippen LogP) is 1.04. The molecule has 1 heterocycles. The molecule has 152 valence electrons. The molecule has 1 aromatic rings. The van der Waals surface area contributed by atoms with Gasteiger partial charge < -0.3 is 15.4 Å². The number of carbonyl (C=O) groups excluding carboxylic acids is 1. The number of hydrogen-bond acceptors (Lipinski definition) is 5. The first-order chi connectivity index (χ1) is 12.8. The highest BCUT2D eigenvalue weighted by atomic mass is 35.5. The zero-order valence-electron chi connectivity index (χ0n) is 15.0. The van der Waals surface area contributed by atoms with E-state index in [0.717, 1.165) is 12.1 Å². The molecule has 1 fully saturated rings. The average Bonchev–Trinajstić information content (AvgIpc) is 2.63. The topological polar surface area (TPSA) is 99.8 Å². The van der Waals surface area contributed by atoms with E-state index in [9.17, 15) is 13.2 Å². The molecular formula is C16H24Cl2N4O4S. The van der Waals surface area contributed by atoms with Crippen molar-refractivity contribution in [3.63, 3.8) is 0 Å². The molecule has 0 aromatic heterocycles. The molecule has 8 nitrogen and oxygen atoms in total. The Balaban J connectivity index is 1.72. The normalized spacial score (nSPS) is 18.3. The average molecular weight is 439 g/mol. The number of hydrogen-bond donors (Lipinski definition) is 3. The SMILES string of the molecule is CNS(=O)(=O)CCNC(=O)NCC1CN(Cc2ccc(Cl)c(Cl)c2)CCO1. The van der Waals surface area contributed by atoms with Gasteiger partial charge in [-0.05, 0) is 24.7 Å². The number of rotatable bonds is 8. The van der Waals surface area contributed by atoms with Gasteiger partial charge in [-0.1, -0.05) is 29.3 Å². The van der Waals surface area contributed by atoms with Gasteiger partial charge in [-0.2, -0.15) is 0 Å². The number of nitrogens with zero attached hydrogens (tertiary/aromatic N) is 1. The summed E-state index contributed by atoms with van der Waals surface area (Å²) in [5.74, 6) is -0.172. The molecule has 11 heteroatoms. The highest BCUT2D eigenvalue weighted by Gasteiger charge is 2.21. The number of carbonyl (C=O) groups is 1. The van der Waals surface area contributed by atoms with Crippen molar-refractivity contribution in [3.05, 3.63) is 33.8 Å². The van der Waals surface area contributed by atoms with Crippen molar-refractivity contribution >= 4 is 39.3 Å². The minimum absolute atomic E-state index is 0.0317. The van der Waals surface area contributed by atoms with Crippen LogP contribution in [0.15, 0.2) is 18.2 Å². The molecule has 0 aliphatic carbocycles. The highest BCUT2D eigenvalue weighted by Crippen LogP contribution is 2.23. The molecule has 0 spiro atoms. The van der Waals surface area contributed by atoms with E-state index < -0.39 is 16.1 Å². The fourth-order valence-corrected chi connectivity index (χ4v) is 3.51. The van der Waals surface area contributed by atoms with Crippen LogP contribution in [0.2, 0.25) is 10.0 Å². The molecule has 1 atom stereocenters. The summed E-state index contributed by atoms with van der Waals surface area (Å²) in [5.41, 5.74) is 1.06. The van der Waals surface area contributed by atoms with Crippen LogP contribution in [0.4, 0.5) is 4.79 Å². The maximum absolute atomic E-state index is 11.8. The van der Waals surface area contributed by atoms with E-state index in [1.54, 1.807) is 6.07 Å². The Labute approximate surface area is 169 Å². The maximum Gasteiger partial charge on any atom is 0.314 e. The third-order valence-corrected chi connectivity index (χ3v) is 6.17. The Bertz CT molecular complexity index is 748. The number of urea groups is 1. The number of ether oxygens (including phenoxy) is 1. The Hall–Kier alpha value is -1.10. The number of morpholine rings is 1. The number of amides is 2. The van der Waals surface area contributed by atoms with E-state index in [1.165, 1.54) is 7.05 Å². The summed E-state index contributed by atoms with van der Waals surface area (Å²) in [4.78, 5) is 14.0. The molecule has 0 radical (unpaired) electrons. The molecule has 2 amide bonds. The molecule has 1 unspecified atom stereocenters. The van der Waals surface area contributed by atoms with Gasteiger partial charge in [-0.15, -0.1) is 0 Å². The fourth-order valence-electron chi connectivity index (χ4n) is 2.61. The quantitative estimate of drug-likeness (QED) is 0.562. The molecule has 1 saturated heterocycles. The summed E-state index contributed by atoms with van der Waals surface area (Å²) in [7, 11) is -2.00. The van der Waals surface area contributed by atoms with Gasteiger partial charge in [0.25, 0.3) is 0 Å². The van der Waals surface area contributed by atoms with Gasteiger partial charge in [0, 0.05) is 32.7 Å². The smallest absolute Gasteiger partial charge is 0.314 e. The molecule has 1 aliphatic rings. The molecule has 0 saturated carbocycles. The van der Waals surface area contributed by atoms with Crippen molar-refractivity contribution in [2.24, 2.45) is 0 Å². The Kier molecular flexibility index (Phi) is 8.59. The minimum Gasteiger partial charge on any atom is -0.374 e. The van der Waals surface area contributed by atoms with E-state index in [-0.39, 0.29) is 18.4 Å². The monoisotopic (exact) mass is 438 g/mol. The fraction of sp³-hybridized carbons (Fsp3) is 0.562. The van der Waals surface area contributed by atoms with Crippen LogP contribution in [-0.4, -0.2) is 71.0 Å². The molecule has 2 rings (SSSR count). The second-order valence-corrected chi connectivity index (χ2v) is 9.00. The van der Waals surface area contributed by atoms with Gasteiger partial charge in [0.1, 0.15) is 0 Å². The van der Waals surface area contributed by atoms with Crippen LogP contribution in [0.5, 0.6) is 0 Å². The molecule has 0 bridgehead atoms. The zero-order valence-corrected chi connectivity index (χ0v) is 17.3. The van der Waals surface area contributed by atoms with Crippen LogP contribution < -0.4 is 15.4 Å². The predicted molar refractivity (Wildman–Crippen MR) is 106 cm³/mol. The molecule has 27 heavy (non-hydrogen) atoms. The van der Waals surface area contributed by atoms with Crippen LogP contribution in [0.3, 0.4) is 0 Å². The van der Waals surface area contributed by atoms with Crippen molar-refractivity contribution < 1.29 is 17.9 Å². The summed E-state index contributed by atoms with van der Waals surface area (Å²) in [6, 6.07) is 5.13. The van der Waals surface area contributed by atoms with Gasteiger partial charge >= 0.3 is 6.03 Å². The van der Waals surface area contributed by atoms with Crippen LogP contribution in [0.1, 0.15) is 5.56 Å². The lowest BCUT2D eigenvalue weighted by Gasteiger charge is -2.33. The lowest BCUT2D eigenvalue weighted by atomic mass is 10.2. The largest absolute Gasteiger partial charge is 0.374 e. The van der Waals surface area contributed by atoms with E-state index in [4.69, 9.17) is 27.9 Å². The van der Waals surface area contributed by atoms with Gasteiger partial charge in [0.2, 0.25) is 10.0 Å². The Morgan fingerprint density at radius 1 is 1.30 bits per heavy atom. The molecule has 3 N–H and O–H groups in total. The van der Waals surface area contributed by atoms with Gasteiger partial charge in [0.05, 0.1) is 28.5 Å². The Morgan fingerprint density at radius 2 is 2.07 bits per heavy atom. The summed E-state index contributed by atoms with van der Waals surface area (Å²) < 4.78 is 30.4.